The Bertz CT molecular complexity index is 968. The van der Waals surface area contributed by atoms with Gasteiger partial charge in [-0.25, -0.2) is 14.3 Å². The number of rotatable bonds is 4. The van der Waals surface area contributed by atoms with E-state index in [-0.39, 0.29) is 5.56 Å². The third-order valence-corrected chi connectivity index (χ3v) is 4.16. The summed E-state index contributed by atoms with van der Waals surface area (Å²) in [6.07, 6.45) is 3.25. The highest BCUT2D eigenvalue weighted by Gasteiger charge is 2.20. The number of hydrogen-bond donors (Lipinski definition) is 1. The van der Waals surface area contributed by atoms with Gasteiger partial charge in [-0.05, 0) is 53.5 Å². The predicted molar refractivity (Wildman–Crippen MR) is 95.5 cm³/mol. The fourth-order valence-electron chi connectivity index (χ4n) is 2.35. The highest BCUT2D eigenvalue weighted by Crippen LogP contribution is 2.23. The molecule has 3 aromatic rings. The van der Waals surface area contributed by atoms with Crippen LogP contribution in [0.25, 0.3) is 5.65 Å². The van der Waals surface area contributed by atoms with Crippen LogP contribution in [0, 0.1) is 13.8 Å². The van der Waals surface area contributed by atoms with Gasteiger partial charge in [0, 0.05) is 16.9 Å². The van der Waals surface area contributed by atoms with Crippen LogP contribution in [-0.2, 0) is 9.53 Å². The van der Waals surface area contributed by atoms with Crippen LogP contribution < -0.4 is 5.32 Å². The summed E-state index contributed by atoms with van der Waals surface area (Å²) in [6, 6.07) is 7.25. The molecule has 25 heavy (non-hydrogen) atoms. The molecule has 3 rings (SSSR count). The van der Waals surface area contributed by atoms with Crippen LogP contribution in [0.4, 0.5) is 5.69 Å². The topological polar surface area (TPSA) is 85.6 Å². The van der Waals surface area contributed by atoms with E-state index in [1.165, 1.54) is 4.52 Å². The summed E-state index contributed by atoms with van der Waals surface area (Å²) >= 11 is 3.38. The van der Waals surface area contributed by atoms with E-state index in [1.54, 1.807) is 31.5 Å². The van der Waals surface area contributed by atoms with Gasteiger partial charge < -0.3 is 10.1 Å². The van der Waals surface area contributed by atoms with Crippen molar-refractivity contribution in [1.82, 2.24) is 14.6 Å². The van der Waals surface area contributed by atoms with Crippen LogP contribution in [0.1, 0.15) is 21.6 Å². The molecule has 0 bridgehead atoms. The van der Waals surface area contributed by atoms with Crippen LogP contribution in [0.15, 0.2) is 41.1 Å². The van der Waals surface area contributed by atoms with Crippen molar-refractivity contribution in [3.8, 4) is 0 Å². The lowest BCUT2D eigenvalue weighted by Crippen LogP contribution is -2.21. The lowest BCUT2D eigenvalue weighted by molar-refractivity contribution is -0.119. The second-order valence-electron chi connectivity index (χ2n) is 5.46. The summed E-state index contributed by atoms with van der Waals surface area (Å²) in [5, 5.41) is 6.89. The van der Waals surface area contributed by atoms with Crippen molar-refractivity contribution in [2.75, 3.05) is 11.9 Å². The number of fused-ring (bicyclic) bond motifs is 1. The lowest BCUT2D eigenvalue weighted by atomic mass is 10.2. The van der Waals surface area contributed by atoms with Gasteiger partial charge >= 0.3 is 5.97 Å². The van der Waals surface area contributed by atoms with Crippen LogP contribution in [0.3, 0.4) is 0 Å². The first-order chi connectivity index (χ1) is 12.0. The summed E-state index contributed by atoms with van der Waals surface area (Å²) < 4.78 is 7.37. The van der Waals surface area contributed by atoms with Crippen molar-refractivity contribution in [1.29, 1.82) is 0 Å². The largest absolute Gasteiger partial charge is 0.452 e. The number of amides is 1. The normalized spacial score (nSPS) is 10.7. The van der Waals surface area contributed by atoms with Gasteiger partial charge in [-0.1, -0.05) is 6.07 Å². The number of benzene rings is 1. The van der Waals surface area contributed by atoms with Gasteiger partial charge in [0.1, 0.15) is 5.56 Å². The Labute approximate surface area is 152 Å². The molecule has 2 aromatic heterocycles. The molecular weight excluding hydrogens is 388 g/mol. The van der Waals surface area contributed by atoms with Gasteiger partial charge in [-0.3, -0.25) is 4.79 Å². The van der Waals surface area contributed by atoms with E-state index in [0.29, 0.717) is 17.0 Å². The molecule has 0 saturated heterocycles. The van der Waals surface area contributed by atoms with Crippen molar-refractivity contribution in [3.63, 3.8) is 0 Å². The second-order valence-corrected chi connectivity index (χ2v) is 6.31. The Kier molecular flexibility index (Phi) is 4.80. The molecule has 7 nitrogen and oxygen atoms in total. The summed E-state index contributed by atoms with van der Waals surface area (Å²) in [5.41, 5.74) is 2.81. The van der Waals surface area contributed by atoms with Crippen molar-refractivity contribution in [2.24, 2.45) is 0 Å². The minimum absolute atomic E-state index is 0.255. The zero-order valence-electron chi connectivity index (χ0n) is 13.6. The maximum atomic E-state index is 12.3. The number of carbonyl (C=O) groups excluding carboxylic acids is 2. The maximum Gasteiger partial charge on any atom is 0.344 e. The van der Waals surface area contributed by atoms with Gasteiger partial charge in [0.15, 0.2) is 12.3 Å². The summed E-state index contributed by atoms with van der Waals surface area (Å²) in [4.78, 5) is 28.5. The minimum atomic E-state index is -0.635. The molecule has 0 spiro atoms. The molecule has 128 valence electrons. The van der Waals surface area contributed by atoms with Gasteiger partial charge in [-0.2, -0.15) is 5.10 Å². The third kappa shape index (κ3) is 3.69. The Hall–Kier alpha value is -2.74. The fraction of sp³-hybridized carbons (Fsp3) is 0.176. The van der Waals surface area contributed by atoms with Gasteiger partial charge in [0.05, 0.1) is 11.4 Å². The molecule has 0 fully saturated rings. The molecule has 0 aliphatic carbocycles. The van der Waals surface area contributed by atoms with Crippen LogP contribution in [-0.4, -0.2) is 33.1 Å². The molecule has 0 aliphatic heterocycles. The van der Waals surface area contributed by atoms with E-state index >= 15 is 0 Å². The number of nitrogens with zero attached hydrogens (tertiary/aromatic N) is 3. The molecular formula is C17H15BrN4O3. The van der Waals surface area contributed by atoms with Gasteiger partial charge in [0.2, 0.25) is 0 Å². The zero-order valence-corrected chi connectivity index (χ0v) is 15.2. The first kappa shape index (κ1) is 17.1. The number of esters is 1. The summed E-state index contributed by atoms with van der Waals surface area (Å²) in [7, 11) is 0. The standard InChI is InChI=1S/C17H15BrN4O3/c1-10-4-5-13(12(18)8-10)20-14(23)9-25-17(24)15-11(2)21-22-7-3-6-19-16(15)22/h3-8H,9H2,1-2H3,(H,20,23). The lowest BCUT2D eigenvalue weighted by Gasteiger charge is -2.08. The molecule has 2 heterocycles. The van der Waals surface area contributed by atoms with Crippen molar-refractivity contribution >= 4 is 39.1 Å². The second kappa shape index (κ2) is 7.02. The summed E-state index contributed by atoms with van der Waals surface area (Å²) in [6.45, 7) is 3.24. The molecule has 1 aromatic carbocycles. The highest BCUT2D eigenvalue weighted by molar-refractivity contribution is 9.10. The van der Waals surface area contributed by atoms with Gasteiger partial charge in [0.25, 0.3) is 5.91 Å². The fourth-order valence-corrected chi connectivity index (χ4v) is 2.94. The Morgan fingerprint density at radius 2 is 2.12 bits per heavy atom. The van der Waals surface area contributed by atoms with Gasteiger partial charge in [-0.15, -0.1) is 0 Å². The highest BCUT2D eigenvalue weighted by atomic mass is 79.9. The van der Waals surface area contributed by atoms with Crippen molar-refractivity contribution in [3.05, 3.63) is 58.0 Å². The molecule has 0 saturated carbocycles. The Morgan fingerprint density at radius 1 is 1.32 bits per heavy atom. The minimum Gasteiger partial charge on any atom is -0.452 e. The third-order valence-electron chi connectivity index (χ3n) is 3.51. The zero-order chi connectivity index (χ0) is 18.0. The quantitative estimate of drug-likeness (QED) is 0.678. The number of nitrogens with one attached hydrogen (secondary N) is 1. The van der Waals surface area contributed by atoms with E-state index in [1.807, 2.05) is 19.1 Å². The number of hydrogen-bond acceptors (Lipinski definition) is 5. The number of anilines is 1. The van der Waals surface area contributed by atoms with E-state index in [2.05, 4.69) is 31.3 Å². The number of carbonyl (C=O) groups is 2. The van der Waals surface area contributed by atoms with Crippen molar-refractivity contribution in [2.45, 2.75) is 13.8 Å². The number of ether oxygens (including phenoxy) is 1. The van der Waals surface area contributed by atoms with Crippen LogP contribution >= 0.6 is 15.9 Å². The molecule has 0 aliphatic rings. The smallest absolute Gasteiger partial charge is 0.344 e. The predicted octanol–water partition coefficient (Wildman–Crippen LogP) is 2.90. The average molecular weight is 403 g/mol. The van der Waals surface area contributed by atoms with E-state index in [4.69, 9.17) is 4.74 Å². The van der Waals surface area contributed by atoms with E-state index in [0.717, 1.165) is 10.0 Å². The maximum absolute atomic E-state index is 12.3. The molecule has 1 amide bonds. The number of halogens is 1. The van der Waals surface area contributed by atoms with Crippen LogP contribution in [0.5, 0.6) is 0 Å². The Morgan fingerprint density at radius 3 is 2.88 bits per heavy atom. The number of aromatic nitrogens is 3. The Balaban J connectivity index is 1.67. The molecule has 0 atom stereocenters. The van der Waals surface area contributed by atoms with Crippen molar-refractivity contribution < 1.29 is 14.3 Å². The monoisotopic (exact) mass is 402 g/mol. The summed E-state index contributed by atoms with van der Waals surface area (Å²) in [5.74, 6) is -1.07. The molecule has 8 heteroatoms. The average Bonchev–Trinajstić information content (AvgIpc) is 2.91. The van der Waals surface area contributed by atoms with E-state index < -0.39 is 18.5 Å². The van der Waals surface area contributed by atoms with Crippen LogP contribution in [0.2, 0.25) is 0 Å². The molecule has 1 N–H and O–H groups in total. The number of aryl methyl sites for hydroxylation is 2. The molecule has 0 radical (unpaired) electrons. The first-order valence-electron chi connectivity index (χ1n) is 7.49. The molecule has 0 unspecified atom stereocenters. The first-order valence-corrected chi connectivity index (χ1v) is 8.28. The SMILES string of the molecule is Cc1ccc(NC(=O)COC(=O)c2c(C)nn3cccnc23)c(Br)c1. The van der Waals surface area contributed by atoms with E-state index in [9.17, 15) is 9.59 Å².